The van der Waals surface area contributed by atoms with Crippen LogP contribution >= 0.6 is 0 Å². The molecule has 0 saturated carbocycles. The molecule has 4 aromatic rings. The largest absolute Gasteiger partial charge is 0.505 e. The van der Waals surface area contributed by atoms with Crippen molar-refractivity contribution >= 4 is 38.3 Å². The molecule has 0 unspecified atom stereocenters. The number of aromatic amines is 1. The molecular weight excluding hydrogens is 527 g/mol. The minimum atomic E-state index is -3.58. The molecule has 4 rings (SSSR count). The van der Waals surface area contributed by atoms with E-state index >= 15 is 0 Å². The van der Waals surface area contributed by atoms with Crippen LogP contribution in [0.5, 0.6) is 11.5 Å². The topological polar surface area (TPSA) is 150 Å². The Labute approximate surface area is 225 Å². The highest BCUT2D eigenvalue weighted by Crippen LogP contribution is 2.34. The van der Waals surface area contributed by atoms with Gasteiger partial charge in [0.05, 0.1) is 35.6 Å². The molecule has 1 amide bonds. The van der Waals surface area contributed by atoms with Crippen LogP contribution in [0.2, 0.25) is 0 Å². The lowest BCUT2D eigenvalue weighted by molar-refractivity contribution is 0.0959. The number of anilines is 2. The van der Waals surface area contributed by atoms with Crippen molar-refractivity contribution in [1.82, 2.24) is 20.5 Å². The first-order valence-electron chi connectivity index (χ1n) is 12.0. The van der Waals surface area contributed by atoms with Crippen LogP contribution in [0, 0.1) is 5.82 Å². The highest BCUT2D eigenvalue weighted by Gasteiger charge is 2.22. The number of pyridine rings is 1. The third-order valence-corrected chi connectivity index (χ3v) is 7.58. The molecule has 2 heterocycles. The van der Waals surface area contributed by atoms with E-state index in [1.807, 2.05) is 6.92 Å². The van der Waals surface area contributed by atoms with Crippen molar-refractivity contribution in [2.24, 2.45) is 0 Å². The van der Waals surface area contributed by atoms with Gasteiger partial charge in [-0.1, -0.05) is 13.0 Å². The van der Waals surface area contributed by atoms with Gasteiger partial charge in [0.2, 0.25) is 10.0 Å². The molecule has 0 saturated heterocycles. The lowest BCUT2D eigenvalue weighted by Crippen LogP contribution is -2.26. The van der Waals surface area contributed by atoms with Crippen molar-refractivity contribution in [3.05, 3.63) is 59.0 Å². The maximum Gasteiger partial charge on any atom is 0.272 e. The zero-order valence-corrected chi connectivity index (χ0v) is 22.9. The van der Waals surface area contributed by atoms with Crippen LogP contribution in [-0.4, -0.2) is 62.1 Å². The van der Waals surface area contributed by atoms with Gasteiger partial charge < -0.3 is 20.5 Å². The number of ether oxygens (including phenoxy) is 1. The maximum atomic E-state index is 14.4. The van der Waals surface area contributed by atoms with Crippen LogP contribution in [0.25, 0.3) is 22.2 Å². The average Bonchev–Trinajstić information content (AvgIpc) is 3.35. The number of sulfonamides is 1. The Hall–Kier alpha value is -4.39. The molecule has 0 aliphatic heterocycles. The Morgan fingerprint density at radius 2 is 1.95 bits per heavy atom. The second-order valence-corrected chi connectivity index (χ2v) is 10.8. The van der Waals surface area contributed by atoms with Gasteiger partial charge in [-0.25, -0.2) is 17.8 Å². The van der Waals surface area contributed by atoms with Crippen LogP contribution in [0.4, 0.5) is 15.9 Å². The number of aromatic nitrogens is 3. The number of rotatable bonds is 9. The van der Waals surface area contributed by atoms with Gasteiger partial charge in [-0.15, -0.1) is 0 Å². The number of hydrogen-bond acceptors (Lipinski definition) is 8. The summed E-state index contributed by atoms with van der Waals surface area (Å²) in [6.45, 7) is 1.99. The molecule has 0 radical (unpaired) electrons. The second-order valence-electron chi connectivity index (χ2n) is 8.82. The molecule has 0 spiro atoms. The number of phenolic OH excluding ortho intramolecular Hbond substituents is 1. The molecule has 0 fully saturated rings. The minimum Gasteiger partial charge on any atom is -0.505 e. The summed E-state index contributed by atoms with van der Waals surface area (Å²) in [6, 6.07) is 9.27. The Bertz CT molecular complexity index is 1670. The third-order valence-electron chi connectivity index (χ3n) is 6.39. The summed E-state index contributed by atoms with van der Waals surface area (Å²) in [5.74, 6) is -0.939. The number of fused-ring (bicyclic) bond motifs is 1. The monoisotopic (exact) mass is 556 g/mol. The number of H-pyrrole nitrogens is 1. The van der Waals surface area contributed by atoms with Crippen molar-refractivity contribution in [1.29, 1.82) is 0 Å². The van der Waals surface area contributed by atoms with Crippen LogP contribution in [0.15, 0.2) is 36.4 Å². The molecule has 39 heavy (non-hydrogen) atoms. The van der Waals surface area contributed by atoms with Crippen LogP contribution in [-0.2, 0) is 23.0 Å². The van der Waals surface area contributed by atoms with E-state index in [1.165, 1.54) is 33.3 Å². The number of aryl methyl sites for hydroxylation is 1. The summed E-state index contributed by atoms with van der Waals surface area (Å²) in [6.07, 6.45) is 1.60. The first kappa shape index (κ1) is 27.6. The number of carbonyl (C=O) groups excluding carboxylic acids is 1. The van der Waals surface area contributed by atoms with Crippen molar-refractivity contribution in [3.8, 4) is 22.8 Å². The van der Waals surface area contributed by atoms with Crippen molar-refractivity contribution in [2.45, 2.75) is 19.9 Å². The molecule has 0 aliphatic carbocycles. The number of aromatic hydroxyl groups is 1. The fourth-order valence-corrected chi connectivity index (χ4v) is 4.73. The SMILES string of the molecule is CCc1cc(O)c(F)cc1-c1cc2[nH]nc(C(=O)NC)c2c(NCc2ccc(OC)cc2N(C)S(C)(=O)=O)n1. The molecule has 0 atom stereocenters. The van der Waals surface area contributed by atoms with Crippen LogP contribution < -0.4 is 19.7 Å². The van der Waals surface area contributed by atoms with E-state index in [-0.39, 0.29) is 18.1 Å². The predicted octanol–water partition coefficient (Wildman–Crippen LogP) is 3.41. The zero-order valence-electron chi connectivity index (χ0n) is 22.1. The summed E-state index contributed by atoms with van der Waals surface area (Å²) < 4.78 is 45.4. The lowest BCUT2D eigenvalue weighted by atomic mass is 10.0. The van der Waals surface area contributed by atoms with E-state index in [0.29, 0.717) is 51.1 Å². The summed E-state index contributed by atoms with van der Waals surface area (Å²) >= 11 is 0. The Morgan fingerprint density at radius 3 is 2.59 bits per heavy atom. The van der Waals surface area contributed by atoms with E-state index in [4.69, 9.17) is 9.72 Å². The predicted molar refractivity (Wildman–Crippen MR) is 147 cm³/mol. The smallest absolute Gasteiger partial charge is 0.272 e. The molecule has 2 aromatic carbocycles. The third kappa shape index (κ3) is 5.43. The highest BCUT2D eigenvalue weighted by molar-refractivity contribution is 7.92. The zero-order chi connectivity index (χ0) is 28.5. The standard InChI is InChI=1S/C26H29FN6O5S/c1-6-14-9-22(34)18(27)11-17(14)19-12-20-23(24(32-31-20)26(35)28-2)25(30-19)29-13-15-7-8-16(38-4)10-21(15)33(3)39(5,36)37/h7-12,34H,6,13H2,1-5H3,(H,28,35)(H,29,30)(H,31,32). The van der Waals surface area contributed by atoms with E-state index < -0.39 is 27.5 Å². The van der Waals surface area contributed by atoms with Crippen LogP contribution in [0.3, 0.4) is 0 Å². The molecule has 4 N–H and O–H groups in total. The summed E-state index contributed by atoms with van der Waals surface area (Å²) in [7, 11) is 0.827. The Balaban J connectivity index is 1.86. The number of nitrogens with zero attached hydrogens (tertiary/aromatic N) is 3. The molecule has 0 bridgehead atoms. The summed E-state index contributed by atoms with van der Waals surface area (Å²) in [4.78, 5) is 17.3. The quantitative estimate of drug-likeness (QED) is 0.245. The number of hydrogen-bond donors (Lipinski definition) is 4. The van der Waals surface area contributed by atoms with Gasteiger partial charge in [-0.05, 0) is 41.8 Å². The first-order chi connectivity index (χ1) is 18.5. The maximum absolute atomic E-state index is 14.4. The Kier molecular flexibility index (Phi) is 7.63. The van der Waals surface area contributed by atoms with E-state index in [0.717, 1.165) is 10.6 Å². The molecule has 0 aliphatic rings. The van der Waals surface area contributed by atoms with Gasteiger partial charge in [0.25, 0.3) is 5.91 Å². The summed E-state index contributed by atoms with van der Waals surface area (Å²) in [5.41, 5.74) is 3.10. The van der Waals surface area contributed by atoms with Crippen molar-refractivity contribution in [3.63, 3.8) is 0 Å². The van der Waals surface area contributed by atoms with E-state index in [9.17, 15) is 22.7 Å². The number of carbonyl (C=O) groups is 1. The molecular formula is C26H29FN6O5S. The van der Waals surface area contributed by atoms with Gasteiger partial charge in [0.15, 0.2) is 17.3 Å². The number of nitrogens with one attached hydrogen (secondary N) is 3. The van der Waals surface area contributed by atoms with E-state index in [2.05, 4.69) is 20.8 Å². The number of halogens is 1. The van der Waals surface area contributed by atoms with E-state index in [1.54, 1.807) is 24.3 Å². The van der Waals surface area contributed by atoms with Crippen molar-refractivity contribution in [2.75, 3.05) is 37.1 Å². The first-order valence-corrected chi connectivity index (χ1v) is 13.8. The minimum absolute atomic E-state index is 0.102. The van der Waals surface area contributed by atoms with Gasteiger partial charge in [0.1, 0.15) is 11.6 Å². The molecule has 206 valence electrons. The fraction of sp³-hybridized carbons (Fsp3) is 0.269. The molecule has 13 heteroatoms. The van der Waals surface area contributed by atoms with Gasteiger partial charge in [-0.2, -0.15) is 5.10 Å². The summed E-state index contributed by atoms with van der Waals surface area (Å²) in [5, 5.41) is 23.0. The normalized spacial score (nSPS) is 11.4. The number of methoxy groups -OCH3 is 1. The van der Waals surface area contributed by atoms with Crippen LogP contribution in [0.1, 0.15) is 28.5 Å². The number of benzene rings is 2. The number of phenols is 1. The second kappa shape index (κ2) is 10.8. The lowest BCUT2D eigenvalue weighted by Gasteiger charge is -2.21. The van der Waals surface area contributed by atoms with Gasteiger partial charge in [0, 0.05) is 32.3 Å². The van der Waals surface area contributed by atoms with Crippen molar-refractivity contribution < 1.29 is 27.4 Å². The van der Waals surface area contributed by atoms with Gasteiger partial charge >= 0.3 is 0 Å². The van der Waals surface area contributed by atoms with Gasteiger partial charge in [-0.3, -0.25) is 14.2 Å². The fourth-order valence-electron chi connectivity index (χ4n) is 4.20. The Morgan fingerprint density at radius 1 is 1.21 bits per heavy atom. The average molecular weight is 557 g/mol. The number of amides is 1. The molecule has 11 nitrogen and oxygen atoms in total. The molecule has 2 aromatic heterocycles. The highest BCUT2D eigenvalue weighted by atomic mass is 32.2.